The van der Waals surface area contributed by atoms with Crippen LogP contribution < -0.4 is 0 Å². The van der Waals surface area contributed by atoms with Gasteiger partial charge in [0.2, 0.25) is 0 Å². The quantitative estimate of drug-likeness (QED) is 0.501. The summed E-state index contributed by atoms with van der Waals surface area (Å²) in [6.07, 6.45) is 3.33. The van der Waals surface area contributed by atoms with E-state index in [9.17, 15) is 0 Å². The van der Waals surface area contributed by atoms with E-state index in [2.05, 4.69) is 27.4 Å². The fourth-order valence-electron chi connectivity index (χ4n) is 1.39. The molecule has 0 bridgehead atoms. The minimum Gasteiger partial charge on any atom is -0.299 e. The van der Waals surface area contributed by atoms with Crippen LogP contribution in [0.2, 0.25) is 0 Å². The van der Waals surface area contributed by atoms with Crippen LogP contribution in [0.3, 0.4) is 0 Å². The third-order valence-electron chi connectivity index (χ3n) is 1.98. The van der Waals surface area contributed by atoms with Crippen LogP contribution in [0.1, 0.15) is 6.42 Å². The van der Waals surface area contributed by atoms with Gasteiger partial charge in [0.25, 0.3) is 0 Å². The van der Waals surface area contributed by atoms with Crippen molar-refractivity contribution in [2.24, 2.45) is 5.92 Å². The first-order valence-corrected chi connectivity index (χ1v) is 4.88. The first-order valence-electron chi connectivity index (χ1n) is 3.76. The molecule has 1 heterocycles. The van der Waals surface area contributed by atoms with Gasteiger partial charge < -0.3 is 0 Å². The van der Waals surface area contributed by atoms with Gasteiger partial charge in [-0.1, -0.05) is 22.0 Å². The highest BCUT2D eigenvalue weighted by Crippen LogP contribution is 2.17. The summed E-state index contributed by atoms with van der Waals surface area (Å²) >= 11 is 3.50. The van der Waals surface area contributed by atoms with Crippen LogP contribution in [0.4, 0.5) is 0 Å². The first kappa shape index (κ1) is 8.28. The monoisotopic (exact) mass is 203 g/mol. The minimum atomic E-state index is 0.875. The largest absolute Gasteiger partial charge is 0.299 e. The smallest absolute Gasteiger partial charge is 0.0160 e. The molecule has 0 aromatic rings. The lowest BCUT2D eigenvalue weighted by molar-refractivity contribution is 0.365. The van der Waals surface area contributed by atoms with Gasteiger partial charge in [-0.15, -0.1) is 6.58 Å². The average Bonchev–Trinajstić information content (AvgIpc) is 2.37. The molecule has 1 aliphatic rings. The average molecular weight is 204 g/mol. The highest BCUT2D eigenvalue weighted by molar-refractivity contribution is 9.09. The Morgan fingerprint density at radius 1 is 1.70 bits per heavy atom. The summed E-state index contributed by atoms with van der Waals surface area (Å²) in [6, 6.07) is 0. The Labute approximate surface area is 71.2 Å². The zero-order valence-electron chi connectivity index (χ0n) is 6.22. The summed E-state index contributed by atoms with van der Waals surface area (Å²) in [5.74, 6) is 0.875. The predicted molar refractivity (Wildman–Crippen MR) is 48.5 cm³/mol. The van der Waals surface area contributed by atoms with E-state index < -0.39 is 0 Å². The molecule has 1 fully saturated rings. The molecule has 0 aromatic carbocycles. The van der Waals surface area contributed by atoms with Crippen molar-refractivity contribution in [3.63, 3.8) is 0 Å². The zero-order chi connectivity index (χ0) is 7.40. The van der Waals surface area contributed by atoms with Crippen molar-refractivity contribution in [2.75, 3.05) is 25.0 Å². The summed E-state index contributed by atoms with van der Waals surface area (Å²) in [5, 5.41) is 1.15. The molecule has 1 saturated heterocycles. The number of hydrogen-bond acceptors (Lipinski definition) is 1. The topological polar surface area (TPSA) is 3.24 Å². The Hall–Kier alpha value is 0.180. The number of alkyl halides is 1. The summed E-state index contributed by atoms with van der Waals surface area (Å²) in [6.45, 7) is 7.28. The molecule has 2 heteroatoms. The van der Waals surface area contributed by atoms with Crippen LogP contribution in [-0.2, 0) is 0 Å². The van der Waals surface area contributed by atoms with Gasteiger partial charge in [-0.05, 0) is 18.9 Å². The second-order valence-electron chi connectivity index (χ2n) is 2.86. The maximum atomic E-state index is 3.72. The summed E-state index contributed by atoms with van der Waals surface area (Å²) in [5.41, 5.74) is 0. The van der Waals surface area contributed by atoms with Gasteiger partial charge in [-0.3, -0.25) is 4.90 Å². The zero-order valence-corrected chi connectivity index (χ0v) is 7.81. The van der Waals surface area contributed by atoms with E-state index in [0.29, 0.717) is 0 Å². The van der Waals surface area contributed by atoms with Crippen molar-refractivity contribution in [3.8, 4) is 0 Å². The van der Waals surface area contributed by atoms with Gasteiger partial charge in [0.15, 0.2) is 0 Å². The summed E-state index contributed by atoms with van der Waals surface area (Å²) < 4.78 is 0. The van der Waals surface area contributed by atoms with Crippen molar-refractivity contribution in [2.45, 2.75) is 6.42 Å². The molecular formula is C8H14BrN. The molecule has 1 aliphatic heterocycles. The summed E-state index contributed by atoms with van der Waals surface area (Å²) in [4.78, 5) is 2.44. The fourth-order valence-corrected chi connectivity index (χ4v) is 1.92. The molecule has 1 atom stereocenters. The lowest BCUT2D eigenvalue weighted by atomic mass is 10.2. The van der Waals surface area contributed by atoms with Crippen molar-refractivity contribution in [3.05, 3.63) is 12.7 Å². The molecule has 0 N–H and O–H groups in total. The molecule has 0 aromatic heterocycles. The Morgan fingerprint density at radius 3 is 3.00 bits per heavy atom. The Kier molecular flexibility index (Phi) is 3.43. The number of rotatable bonds is 3. The Balaban J connectivity index is 2.21. The third-order valence-corrected chi connectivity index (χ3v) is 2.89. The highest BCUT2D eigenvalue weighted by Gasteiger charge is 2.19. The van der Waals surface area contributed by atoms with E-state index in [0.717, 1.165) is 17.8 Å². The molecule has 1 nitrogen and oxygen atoms in total. The maximum absolute atomic E-state index is 3.72. The van der Waals surface area contributed by atoms with Crippen molar-refractivity contribution >= 4 is 15.9 Å². The van der Waals surface area contributed by atoms with Crippen LogP contribution in [-0.4, -0.2) is 29.9 Å². The minimum absolute atomic E-state index is 0.875. The molecule has 0 saturated carbocycles. The van der Waals surface area contributed by atoms with E-state index in [1.54, 1.807) is 0 Å². The van der Waals surface area contributed by atoms with Gasteiger partial charge in [0.1, 0.15) is 0 Å². The number of hydrogen-bond donors (Lipinski definition) is 0. The summed E-state index contributed by atoms with van der Waals surface area (Å²) in [7, 11) is 0. The molecule has 0 spiro atoms. The Morgan fingerprint density at radius 2 is 2.50 bits per heavy atom. The lowest BCUT2D eigenvalue weighted by Gasteiger charge is -2.11. The molecule has 0 amide bonds. The van der Waals surface area contributed by atoms with Gasteiger partial charge in [-0.2, -0.15) is 0 Å². The molecule has 0 aliphatic carbocycles. The molecule has 10 heavy (non-hydrogen) atoms. The van der Waals surface area contributed by atoms with Crippen LogP contribution in [0, 0.1) is 5.92 Å². The second kappa shape index (κ2) is 4.14. The lowest BCUT2D eigenvalue weighted by Crippen LogP contribution is -2.20. The normalized spacial score (nSPS) is 27.1. The van der Waals surface area contributed by atoms with Crippen molar-refractivity contribution < 1.29 is 0 Å². The molecular weight excluding hydrogens is 190 g/mol. The van der Waals surface area contributed by atoms with Gasteiger partial charge in [-0.25, -0.2) is 0 Å². The van der Waals surface area contributed by atoms with Crippen molar-refractivity contribution in [1.82, 2.24) is 4.90 Å². The SMILES string of the molecule is C=CCN1CCC(CBr)C1. The molecule has 1 unspecified atom stereocenters. The Bertz CT molecular complexity index is 114. The van der Waals surface area contributed by atoms with Crippen LogP contribution in [0.5, 0.6) is 0 Å². The van der Waals surface area contributed by atoms with E-state index in [1.807, 2.05) is 6.08 Å². The van der Waals surface area contributed by atoms with Crippen LogP contribution in [0.25, 0.3) is 0 Å². The highest BCUT2D eigenvalue weighted by atomic mass is 79.9. The molecule has 58 valence electrons. The number of likely N-dealkylation sites (tertiary alicyclic amines) is 1. The van der Waals surface area contributed by atoms with E-state index in [4.69, 9.17) is 0 Å². The third kappa shape index (κ3) is 2.10. The van der Waals surface area contributed by atoms with E-state index in [1.165, 1.54) is 19.5 Å². The van der Waals surface area contributed by atoms with E-state index >= 15 is 0 Å². The van der Waals surface area contributed by atoms with E-state index in [-0.39, 0.29) is 0 Å². The number of halogens is 1. The number of nitrogens with zero attached hydrogens (tertiary/aromatic N) is 1. The van der Waals surface area contributed by atoms with Crippen molar-refractivity contribution in [1.29, 1.82) is 0 Å². The standard InChI is InChI=1S/C8H14BrN/c1-2-4-10-5-3-8(6-9)7-10/h2,8H,1,3-7H2. The molecule has 1 rings (SSSR count). The van der Waals surface area contributed by atoms with Gasteiger partial charge in [0.05, 0.1) is 0 Å². The van der Waals surface area contributed by atoms with Crippen LogP contribution in [0.15, 0.2) is 12.7 Å². The maximum Gasteiger partial charge on any atom is 0.0160 e. The first-order chi connectivity index (χ1) is 4.86. The fraction of sp³-hybridized carbons (Fsp3) is 0.750. The van der Waals surface area contributed by atoms with Gasteiger partial charge in [0, 0.05) is 18.4 Å². The predicted octanol–water partition coefficient (Wildman–Crippen LogP) is 1.89. The van der Waals surface area contributed by atoms with Gasteiger partial charge >= 0.3 is 0 Å². The second-order valence-corrected chi connectivity index (χ2v) is 3.50. The van der Waals surface area contributed by atoms with Crippen LogP contribution >= 0.6 is 15.9 Å². The molecule has 0 radical (unpaired) electrons.